The lowest BCUT2D eigenvalue weighted by Crippen LogP contribution is -2.37. The summed E-state index contributed by atoms with van der Waals surface area (Å²) in [6.07, 6.45) is 7.33. The van der Waals surface area contributed by atoms with Crippen molar-refractivity contribution in [1.29, 1.82) is 0 Å². The molecular weight excluding hydrogens is 393 g/mol. The molecule has 0 bridgehead atoms. The first-order chi connectivity index (χ1) is 9.71. The van der Waals surface area contributed by atoms with Gasteiger partial charge in [0.2, 0.25) is 0 Å². The monoisotopic (exact) mass is 419 g/mol. The maximum Gasteiger partial charge on any atom is 0.191 e. The van der Waals surface area contributed by atoms with Crippen LogP contribution in [0.3, 0.4) is 0 Å². The molecule has 0 aromatic heterocycles. The minimum Gasteiger partial charge on any atom is -0.356 e. The van der Waals surface area contributed by atoms with Crippen LogP contribution in [0.1, 0.15) is 24.5 Å². The highest BCUT2D eigenvalue weighted by Gasteiger charge is 2.03. The minimum atomic E-state index is 0. The zero-order valence-electron chi connectivity index (χ0n) is 13.3. The van der Waals surface area contributed by atoms with Gasteiger partial charge in [-0.25, -0.2) is 0 Å². The van der Waals surface area contributed by atoms with Gasteiger partial charge < -0.3 is 10.6 Å². The van der Waals surface area contributed by atoms with E-state index in [1.165, 1.54) is 16.0 Å². The Kier molecular flexibility index (Phi) is 11.5. The van der Waals surface area contributed by atoms with E-state index in [2.05, 4.69) is 59.2 Å². The van der Waals surface area contributed by atoms with Crippen LogP contribution in [0.2, 0.25) is 0 Å². The molecule has 0 aliphatic heterocycles. The summed E-state index contributed by atoms with van der Waals surface area (Å²) >= 11 is 1.78. The van der Waals surface area contributed by atoms with Gasteiger partial charge in [0.05, 0.1) is 0 Å². The van der Waals surface area contributed by atoms with E-state index in [0.29, 0.717) is 0 Å². The van der Waals surface area contributed by atoms with Crippen molar-refractivity contribution in [3.05, 3.63) is 41.5 Å². The number of nitrogens with zero attached hydrogens (tertiary/aromatic N) is 1. The molecule has 0 aliphatic rings. The molecule has 0 radical (unpaired) electrons. The Labute approximate surface area is 150 Å². The third-order valence-corrected chi connectivity index (χ3v) is 3.77. The van der Waals surface area contributed by atoms with Crippen molar-refractivity contribution in [2.24, 2.45) is 4.99 Å². The van der Waals surface area contributed by atoms with E-state index in [1.54, 1.807) is 18.8 Å². The number of guanidine groups is 1. The third-order valence-electron chi connectivity index (χ3n) is 2.95. The summed E-state index contributed by atoms with van der Waals surface area (Å²) in [4.78, 5) is 5.56. The Hall–Kier alpha value is -0.690. The maximum absolute atomic E-state index is 4.24. The van der Waals surface area contributed by atoms with Gasteiger partial charge in [0.25, 0.3) is 0 Å². The molecule has 5 heteroatoms. The molecule has 0 saturated carbocycles. The number of nitrogens with one attached hydrogen (secondary N) is 2. The topological polar surface area (TPSA) is 36.4 Å². The Morgan fingerprint density at radius 3 is 2.71 bits per heavy atom. The van der Waals surface area contributed by atoms with E-state index in [1.807, 2.05) is 6.92 Å². The van der Waals surface area contributed by atoms with Crippen LogP contribution in [-0.4, -0.2) is 25.8 Å². The van der Waals surface area contributed by atoms with Crippen molar-refractivity contribution in [1.82, 2.24) is 10.6 Å². The Morgan fingerprint density at radius 1 is 1.33 bits per heavy atom. The van der Waals surface area contributed by atoms with E-state index >= 15 is 0 Å². The lowest BCUT2D eigenvalue weighted by Gasteiger charge is -2.13. The summed E-state index contributed by atoms with van der Waals surface area (Å²) in [5.41, 5.74) is 2.60. The normalized spacial score (nSPS) is 11.3. The fraction of sp³-hybridized carbons (Fsp3) is 0.438. The molecule has 0 aliphatic carbocycles. The summed E-state index contributed by atoms with van der Waals surface area (Å²) in [6, 6.07) is 6.56. The number of allylic oxidation sites excluding steroid dienone is 1. The van der Waals surface area contributed by atoms with Crippen LogP contribution in [0.25, 0.3) is 0 Å². The van der Waals surface area contributed by atoms with Gasteiger partial charge in [-0.3, -0.25) is 4.99 Å². The standard InChI is InChI=1S/C16H25N3S.HI/c1-5-6-7-10-18-16(17-3)19-12-14-9-8-13(2)11-15(14)20-4;/h5-6,8-9,11H,7,10,12H2,1-4H3,(H2,17,18,19);1H/b6-5+;. The predicted octanol–water partition coefficient (Wildman–Crippen LogP) is 3.97. The zero-order chi connectivity index (χ0) is 14.8. The second kappa shape index (κ2) is 11.9. The molecule has 0 unspecified atom stereocenters. The number of hydrogen-bond acceptors (Lipinski definition) is 2. The average Bonchev–Trinajstić information content (AvgIpc) is 2.47. The zero-order valence-corrected chi connectivity index (χ0v) is 16.4. The number of halogens is 1. The van der Waals surface area contributed by atoms with E-state index < -0.39 is 0 Å². The highest BCUT2D eigenvalue weighted by Crippen LogP contribution is 2.21. The lowest BCUT2D eigenvalue weighted by molar-refractivity contribution is 0.797. The van der Waals surface area contributed by atoms with Crippen LogP contribution in [0.4, 0.5) is 0 Å². The number of aliphatic imine (C=N–C) groups is 1. The van der Waals surface area contributed by atoms with Gasteiger partial charge in [-0.1, -0.05) is 24.3 Å². The van der Waals surface area contributed by atoms with Gasteiger partial charge in [-0.15, -0.1) is 35.7 Å². The van der Waals surface area contributed by atoms with Crippen molar-refractivity contribution < 1.29 is 0 Å². The van der Waals surface area contributed by atoms with Crippen LogP contribution in [0.5, 0.6) is 0 Å². The van der Waals surface area contributed by atoms with Crippen molar-refractivity contribution >= 4 is 41.7 Å². The van der Waals surface area contributed by atoms with Gasteiger partial charge in [-0.05, 0) is 43.7 Å². The number of thioether (sulfide) groups is 1. The number of hydrogen-bond donors (Lipinski definition) is 2. The average molecular weight is 419 g/mol. The van der Waals surface area contributed by atoms with E-state index in [4.69, 9.17) is 0 Å². The number of rotatable bonds is 6. The fourth-order valence-electron chi connectivity index (χ4n) is 1.84. The molecule has 1 rings (SSSR count). The van der Waals surface area contributed by atoms with Gasteiger partial charge in [-0.2, -0.15) is 0 Å². The Morgan fingerprint density at radius 2 is 2.10 bits per heavy atom. The first-order valence-electron chi connectivity index (χ1n) is 6.90. The summed E-state index contributed by atoms with van der Waals surface area (Å²) in [7, 11) is 1.80. The van der Waals surface area contributed by atoms with Crippen molar-refractivity contribution in [3.8, 4) is 0 Å². The van der Waals surface area contributed by atoms with Gasteiger partial charge in [0.15, 0.2) is 5.96 Å². The van der Waals surface area contributed by atoms with Crippen LogP contribution >= 0.6 is 35.7 Å². The lowest BCUT2D eigenvalue weighted by atomic mass is 10.1. The summed E-state index contributed by atoms with van der Waals surface area (Å²) < 4.78 is 0. The van der Waals surface area contributed by atoms with Gasteiger partial charge in [0.1, 0.15) is 0 Å². The van der Waals surface area contributed by atoms with Crippen molar-refractivity contribution in [3.63, 3.8) is 0 Å². The quantitative estimate of drug-likeness (QED) is 0.183. The number of benzene rings is 1. The first-order valence-corrected chi connectivity index (χ1v) is 8.13. The summed E-state index contributed by atoms with van der Waals surface area (Å²) in [5.74, 6) is 0.849. The smallest absolute Gasteiger partial charge is 0.191 e. The summed E-state index contributed by atoms with van der Waals surface area (Å²) in [6.45, 7) is 5.85. The Balaban J connectivity index is 0.00000400. The SMILES string of the molecule is C/C=C/CCNC(=NC)NCc1ccc(C)cc1SC.I. The van der Waals surface area contributed by atoms with E-state index in [9.17, 15) is 0 Å². The molecule has 21 heavy (non-hydrogen) atoms. The Bertz CT molecular complexity index is 473. The van der Waals surface area contributed by atoms with Gasteiger partial charge in [0, 0.05) is 25.0 Å². The molecule has 1 aromatic rings. The molecular formula is C16H26IN3S. The first kappa shape index (κ1) is 20.3. The second-order valence-electron chi connectivity index (χ2n) is 4.53. The maximum atomic E-state index is 4.24. The molecule has 118 valence electrons. The van der Waals surface area contributed by atoms with Crippen LogP contribution in [0.15, 0.2) is 40.2 Å². The largest absolute Gasteiger partial charge is 0.356 e. The van der Waals surface area contributed by atoms with Crippen molar-refractivity contribution in [2.75, 3.05) is 19.8 Å². The molecule has 0 amide bonds. The van der Waals surface area contributed by atoms with Crippen LogP contribution in [0, 0.1) is 6.92 Å². The summed E-state index contributed by atoms with van der Waals surface area (Å²) in [5, 5.41) is 6.66. The molecule has 2 N–H and O–H groups in total. The second-order valence-corrected chi connectivity index (χ2v) is 5.37. The van der Waals surface area contributed by atoms with Crippen LogP contribution < -0.4 is 10.6 Å². The predicted molar refractivity (Wildman–Crippen MR) is 106 cm³/mol. The molecule has 1 aromatic carbocycles. The number of aryl methyl sites for hydroxylation is 1. The molecule has 3 nitrogen and oxygen atoms in total. The van der Waals surface area contributed by atoms with E-state index in [-0.39, 0.29) is 24.0 Å². The van der Waals surface area contributed by atoms with E-state index in [0.717, 1.165) is 25.5 Å². The van der Waals surface area contributed by atoms with Gasteiger partial charge >= 0.3 is 0 Å². The van der Waals surface area contributed by atoms with Crippen molar-refractivity contribution in [2.45, 2.75) is 31.7 Å². The molecule has 0 fully saturated rings. The molecule has 0 atom stereocenters. The minimum absolute atomic E-state index is 0. The molecule has 0 heterocycles. The third kappa shape index (κ3) is 7.76. The van der Waals surface area contributed by atoms with Crippen LogP contribution in [-0.2, 0) is 6.54 Å². The fourth-order valence-corrected chi connectivity index (χ4v) is 2.54. The molecule has 0 spiro atoms. The molecule has 0 saturated heterocycles. The highest BCUT2D eigenvalue weighted by atomic mass is 127. The highest BCUT2D eigenvalue weighted by molar-refractivity contribution is 14.0.